The number of halogens is 2. The highest BCUT2D eigenvalue weighted by molar-refractivity contribution is 6.30. The van der Waals surface area contributed by atoms with E-state index in [1.165, 1.54) is 0 Å². The molecule has 4 nitrogen and oxygen atoms in total. The number of carbonyl (C=O) groups excluding carboxylic acids is 1. The van der Waals surface area contributed by atoms with E-state index in [2.05, 4.69) is 4.90 Å². The van der Waals surface area contributed by atoms with E-state index in [1.807, 2.05) is 4.90 Å². The summed E-state index contributed by atoms with van der Waals surface area (Å²) in [5.41, 5.74) is 0.106. The third-order valence-electron chi connectivity index (χ3n) is 4.92. The summed E-state index contributed by atoms with van der Waals surface area (Å²) < 4.78 is 20.0. The Morgan fingerprint density at radius 2 is 2.29 bits per heavy atom. The topological polar surface area (TPSA) is 32.8 Å². The fourth-order valence-electron chi connectivity index (χ4n) is 3.95. The van der Waals surface area contributed by atoms with Gasteiger partial charge >= 0.3 is 0 Å². The molecule has 1 amide bonds. The van der Waals surface area contributed by atoms with Crippen LogP contribution < -0.4 is 0 Å². The van der Waals surface area contributed by atoms with Crippen molar-refractivity contribution in [2.24, 2.45) is 0 Å². The molecule has 0 saturated carbocycles. The molecule has 0 aromatic heterocycles. The van der Waals surface area contributed by atoms with Crippen LogP contribution in [0, 0.1) is 5.82 Å². The van der Waals surface area contributed by atoms with E-state index in [9.17, 15) is 9.18 Å². The second kappa shape index (κ2) is 4.66. The number of ether oxygens (including phenoxy) is 1. The standard InChI is InChI=1S/C15H16ClFN2O2/c16-11-3-1-2-10(14(11)17)9-18-5-4-15-12(18)8-13(20)19(15)6-7-21-15/h1-3,12H,4-9H2/t12-,15+/m1/s1. The van der Waals surface area contributed by atoms with E-state index < -0.39 is 5.72 Å². The van der Waals surface area contributed by atoms with Crippen molar-refractivity contribution < 1.29 is 13.9 Å². The normalized spacial score (nSPS) is 31.8. The highest BCUT2D eigenvalue weighted by atomic mass is 35.5. The first-order chi connectivity index (χ1) is 10.1. The minimum absolute atomic E-state index is 0.0193. The summed E-state index contributed by atoms with van der Waals surface area (Å²) in [6.45, 7) is 2.54. The lowest BCUT2D eigenvalue weighted by Crippen LogP contribution is -2.47. The van der Waals surface area contributed by atoms with Gasteiger partial charge in [0.05, 0.1) is 17.7 Å². The van der Waals surface area contributed by atoms with Crippen molar-refractivity contribution in [1.29, 1.82) is 0 Å². The van der Waals surface area contributed by atoms with Gasteiger partial charge < -0.3 is 9.64 Å². The Balaban J connectivity index is 1.61. The fourth-order valence-corrected chi connectivity index (χ4v) is 4.15. The molecule has 21 heavy (non-hydrogen) atoms. The van der Waals surface area contributed by atoms with Crippen LogP contribution in [0.4, 0.5) is 4.39 Å². The number of carbonyl (C=O) groups is 1. The van der Waals surface area contributed by atoms with Crippen LogP contribution in [0.3, 0.4) is 0 Å². The number of likely N-dealkylation sites (tertiary alicyclic amines) is 1. The average Bonchev–Trinajstić information content (AvgIpc) is 3.09. The van der Waals surface area contributed by atoms with Crippen LogP contribution in [0.2, 0.25) is 5.02 Å². The van der Waals surface area contributed by atoms with E-state index in [0.717, 1.165) is 13.0 Å². The van der Waals surface area contributed by atoms with Gasteiger partial charge in [-0.15, -0.1) is 0 Å². The highest BCUT2D eigenvalue weighted by Crippen LogP contribution is 2.46. The smallest absolute Gasteiger partial charge is 0.226 e. The molecule has 3 saturated heterocycles. The fraction of sp³-hybridized carbons (Fsp3) is 0.533. The van der Waals surface area contributed by atoms with Gasteiger partial charge in [0.1, 0.15) is 5.82 Å². The van der Waals surface area contributed by atoms with Gasteiger partial charge in [-0.1, -0.05) is 23.7 Å². The molecular weight excluding hydrogens is 295 g/mol. The van der Waals surface area contributed by atoms with Crippen LogP contribution in [0.15, 0.2) is 18.2 Å². The number of amides is 1. The second-order valence-electron chi connectivity index (χ2n) is 5.89. The minimum atomic E-state index is -0.466. The summed E-state index contributed by atoms with van der Waals surface area (Å²) in [7, 11) is 0. The van der Waals surface area contributed by atoms with Gasteiger partial charge in [0, 0.05) is 38.0 Å². The van der Waals surface area contributed by atoms with E-state index >= 15 is 0 Å². The van der Waals surface area contributed by atoms with Gasteiger partial charge in [-0.3, -0.25) is 9.69 Å². The molecule has 0 unspecified atom stereocenters. The van der Waals surface area contributed by atoms with Gasteiger partial charge in [0.15, 0.2) is 5.72 Å². The largest absolute Gasteiger partial charge is 0.352 e. The summed E-state index contributed by atoms with van der Waals surface area (Å²) in [5.74, 6) is -0.220. The third-order valence-corrected chi connectivity index (χ3v) is 5.21. The quantitative estimate of drug-likeness (QED) is 0.838. The van der Waals surface area contributed by atoms with E-state index in [-0.39, 0.29) is 22.8 Å². The number of hydrogen-bond acceptors (Lipinski definition) is 3. The summed E-state index contributed by atoms with van der Waals surface area (Å²) in [6, 6.07) is 5.07. The summed E-state index contributed by atoms with van der Waals surface area (Å²) in [4.78, 5) is 16.1. The lowest BCUT2D eigenvalue weighted by molar-refractivity contribution is -0.136. The second-order valence-corrected chi connectivity index (χ2v) is 6.30. The Hall–Kier alpha value is -1.17. The molecule has 6 heteroatoms. The average molecular weight is 311 g/mol. The summed E-state index contributed by atoms with van der Waals surface area (Å²) in [6.07, 6.45) is 1.26. The maximum atomic E-state index is 14.1. The predicted octanol–water partition coefficient (Wildman–Crippen LogP) is 2.01. The predicted molar refractivity (Wildman–Crippen MR) is 75.2 cm³/mol. The Morgan fingerprint density at radius 3 is 3.14 bits per heavy atom. The van der Waals surface area contributed by atoms with Crippen LogP contribution in [-0.4, -0.2) is 47.2 Å². The maximum absolute atomic E-state index is 14.1. The number of rotatable bonds is 2. The van der Waals surface area contributed by atoms with E-state index in [4.69, 9.17) is 16.3 Å². The first-order valence-corrected chi connectivity index (χ1v) is 7.61. The molecule has 2 atom stereocenters. The zero-order valence-corrected chi connectivity index (χ0v) is 12.3. The number of nitrogens with zero attached hydrogens (tertiary/aromatic N) is 2. The van der Waals surface area contributed by atoms with Crippen molar-refractivity contribution in [1.82, 2.24) is 9.80 Å². The molecule has 3 aliphatic rings. The Morgan fingerprint density at radius 1 is 1.43 bits per heavy atom. The van der Waals surface area contributed by atoms with Crippen molar-refractivity contribution in [2.75, 3.05) is 19.7 Å². The molecule has 1 spiro atoms. The Bertz CT molecular complexity index is 611. The van der Waals surface area contributed by atoms with Gasteiger partial charge in [0.25, 0.3) is 0 Å². The molecule has 3 aliphatic heterocycles. The molecular formula is C15H16ClFN2O2. The summed E-state index contributed by atoms with van der Waals surface area (Å²) in [5, 5.41) is 0.141. The van der Waals surface area contributed by atoms with Crippen molar-refractivity contribution in [2.45, 2.75) is 31.2 Å². The molecule has 1 aromatic carbocycles. The number of benzene rings is 1. The molecule has 1 aromatic rings. The molecule has 0 N–H and O–H groups in total. The van der Waals surface area contributed by atoms with Crippen LogP contribution in [0.1, 0.15) is 18.4 Å². The zero-order chi connectivity index (χ0) is 14.6. The van der Waals surface area contributed by atoms with Gasteiger partial charge in [-0.05, 0) is 6.07 Å². The molecule has 0 aliphatic carbocycles. The van der Waals surface area contributed by atoms with Crippen LogP contribution in [0.5, 0.6) is 0 Å². The van der Waals surface area contributed by atoms with Crippen LogP contribution >= 0.6 is 11.6 Å². The molecule has 3 fully saturated rings. The first kappa shape index (κ1) is 13.5. The molecule has 0 radical (unpaired) electrons. The molecule has 3 heterocycles. The van der Waals surface area contributed by atoms with E-state index in [0.29, 0.717) is 31.7 Å². The Kier molecular flexibility index (Phi) is 3.00. The summed E-state index contributed by atoms with van der Waals surface area (Å²) >= 11 is 5.84. The SMILES string of the molecule is O=C1C[C@H]2N(Cc3cccc(Cl)c3F)CC[C@]23OCCN13. The van der Waals surface area contributed by atoms with E-state index in [1.54, 1.807) is 18.2 Å². The third kappa shape index (κ3) is 1.84. The zero-order valence-electron chi connectivity index (χ0n) is 11.5. The van der Waals surface area contributed by atoms with Gasteiger partial charge in [0.2, 0.25) is 5.91 Å². The van der Waals surface area contributed by atoms with Crippen LogP contribution in [-0.2, 0) is 16.1 Å². The molecule has 0 bridgehead atoms. The molecule has 112 valence electrons. The number of hydrogen-bond donors (Lipinski definition) is 0. The van der Waals surface area contributed by atoms with Crippen LogP contribution in [0.25, 0.3) is 0 Å². The van der Waals surface area contributed by atoms with Crippen molar-refractivity contribution >= 4 is 17.5 Å². The lowest BCUT2D eigenvalue weighted by Gasteiger charge is -2.31. The monoisotopic (exact) mass is 310 g/mol. The Labute approximate surface area is 127 Å². The van der Waals surface area contributed by atoms with Gasteiger partial charge in [-0.25, -0.2) is 4.39 Å². The van der Waals surface area contributed by atoms with Gasteiger partial charge in [-0.2, -0.15) is 0 Å². The highest BCUT2D eigenvalue weighted by Gasteiger charge is 2.61. The van der Waals surface area contributed by atoms with Crippen molar-refractivity contribution in [3.05, 3.63) is 34.6 Å². The first-order valence-electron chi connectivity index (χ1n) is 7.23. The van der Waals surface area contributed by atoms with Crippen molar-refractivity contribution in [3.63, 3.8) is 0 Å². The lowest BCUT2D eigenvalue weighted by atomic mass is 10.1. The minimum Gasteiger partial charge on any atom is -0.352 e. The van der Waals surface area contributed by atoms with Crippen molar-refractivity contribution in [3.8, 4) is 0 Å². The molecule has 4 rings (SSSR count). The maximum Gasteiger partial charge on any atom is 0.226 e.